The summed E-state index contributed by atoms with van der Waals surface area (Å²) in [7, 11) is 0. The lowest BCUT2D eigenvalue weighted by atomic mass is 10.1. The molecule has 0 aliphatic carbocycles. The third-order valence-electron chi connectivity index (χ3n) is 2.30. The molecule has 3 N–H and O–H groups in total. The van der Waals surface area contributed by atoms with Gasteiger partial charge in [0.25, 0.3) is 0 Å². The van der Waals surface area contributed by atoms with Crippen molar-refractivity contribution in [1.29, 1.82) is 0 Å². The highest BCUT2D eigenvalue weighted by atomic mass is 19.1. The Morgan fingerprint density at radius 3 is 2.31 bits per heavy atom. The van der Waals surface area contributed by atoms with Crippen LogP contribution in [-0.2, 0) is 13.1 Å². The first-order valence-electron chi connectivity index (χ1n) is 5.42. The number of nitrogens with two attached hydrogens (primary N) is 1. The minimum Gasteiger partial charge on any atom is -0.326 e. The zero-order valence-electron chi connectivity index (χ0n) is 9.69. The molecule has 0 aliphatic rings. The van der Waals surface area contributed by atoms with Crippen LogP contribution in [0.25, 0.3) is 0 Å². The van der Waals surface area contributed by atoms with Crippen LogP contribution < -0.4 is 11.1 Å². The van der Waals surface area contributed by atoms with Gasteiger partial charge in [-0.3, -0.25) is 0 Å². The summed E-state index contributed by atoms with van der Waals surface area (Å²) in [6.07, 6.45) is 0. The first kappa shape index (κ1) is 13.1. The van der Waals surface area contributed by atoms with E-state index in [1.54, 1.807) is 0 Å². The molecule has 0 atom stereocenters. The minimum absolute atomic E-state index is 0.0163. The van der Waals surface area contributed by atoms with Gasteiger partial charge in [0, 0.05) is 24.2 Å². The van der Waals surface area contributed by atoms with Crippen LogP contribution in [-0.4, -0.2) is 6.54 Å². The first-order valence-corrected chi connectivity index (χ1v) is 5.42. The van der Waals surface area contributed by atoms with Crippen molar-refractivity contribution < 1.29 is 8.78 Å². The molecule has 4 heteroatoms. The Morgan fingerprint density at radius 2 is 1.75 bits per heavy atom. The molecule has 0 aromatic heterocycles. The van der Waals surface area contributed by atoms with Crippen LogP contribution in [0, 0.1) is 17.6 Å². The van der Waals surface area contributed by atoms with Crippen molar-refractivity contribution in [3.8, 4) is 0 Å². The van der Waals surface area contributed by atoms with Gasteiger partial charge in [-0.25, -0.2) is 8.78 Å². The molecule has 16 heavy (non-hydrogen) atoms. The fraction of sp³-hybridized carbons (Fsp3) is 0.500. The van der Waals surface area contributed by atoms with Crippen LogP contribution in [0.15, 0.2) is 12.1 Å². The largest absolute Gasteiger partial charge is 0.326 e. The molecule has 0 saturated heterocycles. The van der Waals surface area contributed by atoms with Gasteiger partial charge in [-0.15, -0.1) is 0 Å². The number of benzene rings is 1. The Bertz CT molecular complexity index is 351. The van der Waals surface area contributed by atoms with Crippen molar-refractivity contribution in [3.05, 3.63) is 34.9 Å². The molecule has 0 bridgehead atoms. The van der Waals surface area contributed by atoms with Gasteiger partial charge >= 0.3 is 0 Å². The Kier molecular flexibility index (Phi) is 4.83. The van der Waals surface area contributed by atoms with Crippen LogP contribution in [0.4, 0.5) is 8.78 Å². The summed E-state index contributed by atoms with van der Waals surface area (Å²) < 4.78 is 26.8. The lowest BCUT2D eigenvalue weighted by Gasteiger charge is -2.09. The molecule has 0 radical (unpaired) electrons. The molecule has 1 rings (SSSR count). The van der Waals surface area contributed by atoms with E-state index in [0.717, 1.165) is 6.54 Å². The Hall–Kier alpha value is -1.00. The van der Waals surface area contributed by atoms with E-state index in [4.69, 9.17) is 5.73 Å². The zero-order chi connectivity index (χ0) is 12.1. The van der Waals surface area contributed by atoms with Crippen LogP contribution in [0.3, 0.4) is 0 Å². The van der Waals surface area contributed by atoms with E-state index in [2.05, 4.69) is 19.2 Å². The van der Waals surface area contributed by atoms with E-state index < -0.39 is 11.6 Å². The molecule has 0 unspecified atom stereocenters. The minimum atomic E-state index is -0.440. The van der Waals surface area contributed by atoms with Gasteiger partial charge in [-0.2, -0.15) is 0 Å². The fourth-order valence-electron chi connectivity index (χ4n) is 1.42. The topological polar surface area (TPSA) is 38.0 Å². The maximum atomic E-state index is 13.5. The molecule has 0 heterocycles. The average Bonchev–Trinajstić information content (AvgIpc) is 2.22. The monoisotopic (exact) mass is 228 g/mol. The highest BCUT2D eigenvalue weighted by Gasteiger charge is 2.08. The molecule has 0 amide bonds. The molecule has 0 saturated carbocycles. The highest BCUT2D eigenvalue weighted by molar-refractivity contribution is 5.26. The van der Waals surface area contributed by atoms with E-state index >= 15 is 0 Å². The van der Waals surface area contributed by atoms with Gasteiger partial charge in [0.2, 0.25) is 0 Å². The molecule has 0 spiro atoms. The summed E-state index contributed by atoms with van der Waals surface area (Å²) in [5.41, 5.74) is 5.84. The first-order chi connectivity index (χ1) is 7.54. The van der Waals surface area contributed by atoms with Gasteiger partial charge in [0.05, 0.1) is 0 Å². The fourth-order valence-corrected chi connectivity index (χ4v) is 1.42. The predicted octanol–water partition coefficient (Wildman–Crippen LogP) is 2.17. The third kappa shape index (κ3) is 3.54. The summed E-state index contributed by atoms with van der Waals surface area (Å²) in [5, 5.41) is 3.07. The number of nitrogens with one attached hydrogen (secondary N) is 1. The summed E-state index contributed by atoms with van der Waals surface area (Å²) in [5.74, 6) is -0.362. The van der Waals surface area contributed by atoms with Gasteiger partial charge < -0.3 is 11.1 Å². The number of hydrogen-bond acceptors (Lipinski definition) is 2. The second kappa shape index (κ2) is 5.92. The molecule has 1 aromatic carbocycles. The van der Waals surface area contributed by atoms with Crippen molar-refractivity contribution in [2.45, 2.75) is 26.9 Å². The van der Waals surface area contributed by atoms with Crippen molar-refractivity contribution >= 4 is 0 Å². The summed E-state index contributed by atoms with van der Waals surface area (Å²) >= 11 is 0. The van der Waals surface area contributed by atoms with Crippen molar-refractivity contribution in [1.82, 2.24) is 5.32 Å². The summed E-state index contributed by atoms with van der Waals surface area (Å²) in [4.78, 5) is 0. The molecule has 0 fully saturated rings. The number of rotatable bonds is 5. The quantitative estimate of drug-likeness (QED) is 0.810. The van der Waals surface area contributed by atoms with E-state index in [-0.39, 0.29) is 12.1 Å². The SMILES string of the molecule is CC(C)CNCc1cc(F)c(CN)cc1F. The maximum absolute atomic E-state index is 13.5. The van der Waals surface area contributed by atoms with Gasteiger partial charge in [0.15, 0.2) is 0 Å². The summed E-state index contributed by atoms with van der Waals surface area (Å²) in [6.45, 7) is 5.25. The van der Waals surface area contributed by atoms with E-state index in [1.165, 1.54) is 12.1 Å². The smallest absolute Gasteiger partial charge is 0.128 e. The molecular weight excluding hydrogens is 210 g/mol. The second-order valence-electron chi connectivity index (χ2n) is 4.26. The van der Waals surface area contributed by atoms with Crippen LogP contribution in [0.1, 0.15) is 25.0 Å². The Balaban J connectivity index is 2.70. The van der Waals surface area contributed by atoms with Crippen LogP contribution in [0.5, 0.6) is 0 Å². The van der Waals surface area contributed by atoms with Gasteiger partial charge in [0.1, 0.15) is 11.6 Å². The lowest BCUT2D eigenvalue weighted by molar-refractivity contribution is 0.526. The number of halogens is 2. The Morgan fingerprint density at radius 1 is 1.19 bits per heavy atom. The molecule has 2 nitrogen and oxygen atoms in total. The Labute approximate surface area is 94.8 Å². The average molecular weight is 228 g/mol. The molecule has 1 aromatic rings. The molecular formula is C12H18F2N2. The maximum Gasteiger partial charge on any atom is 0.128 e. The normalized spacial score (nSPS) is 11.1. The zero-order valence-corrected chi connectivity index (χ0v) is 9.69. The van der Waals surface area contributed by atoms with E-state index in [9.17, 15) is 8.78 Å². The van der Waals surface area contributed by atoms with Crippen molar-refractivity contribution in [2.75, 3.05) is 6.54 Å². The van der Waals surface area contributed by atoms with Crippen molar-refractivity contribution in [3.63, 3.8) is 0 Å². The van der Waals surface area contributed by atoms with Crippen molar-refractivity contribution in [2.24, 2.45) is 11.7 Å². The molecule has 90 valence electrons. The predicted molar refractivity (Wildman–Crippen MR) is 60.8 cm³/mol. The second-order valence-corrected chi connectivity index (χ2v) is 4.26. The summed E-state index contributed by atoms with van der Waals surface area (Å²) in [6, 6.07) is 2.38. The van der Waals surface area contributed by atoms with Crippen LogP contribution >= 0.6 is 0 Å². The highest BCUT2D eigenvalue weighted by Crippen LogP contribution is 2.14. The molecule has 0 aliphatic heterocycles. The van der Waals surface area contributed by atoms with Gasteiger partial charge in [-0.05, 0) is 24.6 Å². The lowest BCUT2D eigenvalue weighted by Crippen LogP contribution is -2.20. The number of hydrogen-bond donors (Lipinski definition) is 2. The van der Waals surface area contributed by atoms with E-state index in [1.807, 2.05) is 0 Å². The van der Waals surface area contributed by atoms with E-state index in [0.29, 0.717) is 18.0 Å². The van der Waals surface area contributed by atoms with Crippen LogP contribution in [0.2, 0.25) is 0 Å². The van der Waals surface area contributed by atoms with Gasteiger partial charge in [-0.1, -0.05) is 13.8 Å². The standard InChI is InChI=1S/C12H18F2N2/c1-8(2)6-16-7-10-4-11(13)9(5-15)3-12(10)14/h3-4,8,16H,5-7,15H2,1-2H3. The third-order valence-corrected chi connectivity index (χ3v) is 2.30.